The van der Waals surface area contributed by atoms with E-state index >= 15 is 0 Å². The highest BCUT2D eigenvalue weighted by molar-refractivity contribution is 6.06. The Morgan fingerprint density at radius 1 is 1.40 bits per heavy atom. The second kappa shape index (κ2) is 3.80. The van der Waals surface area contributed by atoms with Gasteiger partial charge in [0.15, 0.2) is 5.78 Å². The smallest absolute Gasteiger partial charge is 0.319 e. The standard InChI is InChI=1S/C12H18O3/c1-6-7(2)9-8(3)10(13)12(4,5)11(14)15-9/h6,8-9H,1-5H3/t8-,9-/m0/s1. The van der Waals surface area contributed by atoms with Gasteiger partial charge in [-0.2, -0.15) is 0 Å². The van der Waals surface area contributed by atoms with Gasteiger partial charge in [0.05, 0.1) is 5.92 Å². The minimum Gasteiger partial charge on any atom is -0.456 e. The van der Waals surface area contributed by atoms with E-state index in [1.165, 1.54) is 0 Å². The highest BCUT2D eigenvalue weighted by atomic mass is 16.5. The summed E-state index contributed by atoms with van der Waals surface area (Å²) in [6.45, 7) is 8.80. The minimum atomic E-state index is -0.996. The molecule has 1 fully saturated rings. The first kappa shape index (κ1) is 12.0. The first-order valence-corrected chi connectivity index (χ1v) is 5.20. The molecular weight excluding hydrogens is 192 g/mol. The van der Waals surface area contributed by atoms with Gasteiger partial charge in [-0.3, -0.25) is 9.59 Å². The Balaban J connectivity index is 3.03. The second-order valence-corrected chi connectivity index (χ2v) is 4.64. The zero-order valence-corrected chi connectivity index (χ0v) is 9.96. The molecule has 0 aromatic heterocycles. The van der Waals surface area contributed by atoms with Crippen LogP contribution >= 0.6 is 0 Å². The van der Waals surface area contributed by atoms with Gasteiger partial charge in [-0.25, -0.2) is 0 Å². The van der Waals surface area contributed by atoms with Crippen LogP contribution in [0.1, 0.15) is 34.6 Å². The first-order valence-electron chi connectivity index (χ1n) is 5.20. The van der Waals surface area contributed by atoms with Crippen molar-refractivity contribution in [2.75, 3.05) is 0 Å². The van der Waals surface area contributed by atoms with Crippen LogP contribution in [0, 0.1) is 11.3 Å². The Hall–Kier alpha value is -1.12. The molecule has 0 saturated carbocycles. The van der Waals surface area contributed by atoms with Crippen molar-refractivity contribution in [1.29, 1.82) is 0 Å². The maximum atomic E-state index is 12.0. The molecule has 0 N–H and O–H groups in total. The Labute approximate surface area is 90.5 Å². The highest BCUT2D eigenvalue weighted by Gasteiger charge is 2.48. The summed E-state index contributed by atoms with van der Waals surface area (Å²) < 4.78 is 5.31. The number of allylic oxidation sites excluding steroid dienone is 1. The van der Waals surface area contributed by atoms with Gasteiger partial charge in [-0.1, -0.05) is 13.0 Å². The summed E-state index contributed by atoms with van der Waals surface area (Å²) in [7, 11) is 0. The monoisotopic (exact) mass is 210 g/mol. The van der Waals surface area contributed by atoms with E-state index in [0.717, 1.165) is 5.57 Å². The Kier molecular flexibility index (Phi) is 3.03. The molecule has 1 rings (SSSR count). The predicted octanol–water partition coefficient (Wildman–Crippen LogP) is 2.11. The van der Waals surface area contributed by atoms with Gasteiger partial charge < -0.3 is 4.74 Å². The molecule has 0 spiro atoms. The Bertz CT molecular complexity index is 326. The van der Waals surface area contributed by atoms with Crippen LogP contribution in [0.2, 0.25) is 0 Å². The maximum Gasteiger partial charge on any atom is 0.319 e. The molecule has 2 atom stereocenters. The molecule has 0 amide bonds. The highest BCUT2D eigenvalue weighted by Crippen LogP contribution is 2.34. The number of hydrogen-bond acceptors (Lipinski definition) is 3. The van der Waals surface area contributed by atoms with Crippen molar-refractivity contribution in [3.8, 4) is 0 Å². The Morgan fingerprint density at radius 3 is 2.40 bits per heavy atom. The SMILES string of the molecule is CC=C(C)[C@@H]1OC(=O)C(C)(C)C(=O)[C@H]1C. The van der Waals surface area contributed by atoms with Gasteiger partial charge in [0.1, 0.15) is 11.5 Å². The molecule has 3 nitrogen and oxygen atoms in total. The molecule has 15 heavy (non-hydrogen) atoms. The van der Waals surface area contributed by atoms with E-state index in [-0.39, 0.29) is 17.8 Å². The third-order valence-electron chi connectivity index (χ3n) is 3.13. The van der Waals surface area contributed by atoms with E-state index in [1.807, 2.05) is 26.8 Å². The van der Waals surface area contributed by atoms with Crippen LogP contribution in [0.4, 0.5) is 0 Å². The molecule has 1 heterocycles. The molecule has 0 unspecified atom stereocenters. The largest absolute Gasteiger partial charge is 0.456 e. The third kappa shape index (κ3) is 1.83. The van der Waals surface area contributed by atoms with E-state index in [9.17, 15) is 9.59 Å². The number of ether oxygens (including phenoxy) is 1. The van der Waals surface area contributed by atoms with Gasteiger partial charge in [0, 0.05) is 0 Å². The van der Waals surface area contributed by atoms with E-state index in [2.05, 4.69) is 0 Å². The van der Waals surface area contributed by atoms with Gasteiger partial charge >= 0.3 is 5.97 Å². The first-order chi connectivity index (χ1) is 6.82. The second-order valence-electron chi connectivity index (χ2n) is 4.64. The van der Waals surface area contributed by atoms with Gasteiger partial charge in [0.25, 0.3) is 0 Å². The Morgan fingerprint density at radius 2 is 1.93 bits per heavy atom. The molecule has 3 heteroatoms. The lowest BCUT2D eigenvalue weighted by atomic mass is 9.76. The van der Waals surface area contributed by atoms with Gasteiger partial charge in [0.2, 0.25) is 0 Å². The van der Waals surface area contributed by atoms with Crippen LogP contribution in [0.25, 0.3) is 0 Å². The molecule has 0 aromatic rings. The lowest BCUT2D eigenvalue weighted by molar-refractivity contribution is -0.174. The average molecular weight is 210 g/mol. The van der Waals surface area contributed by atoms with Crippen LogP contribution in [-0.4, -0.2) is 17.9 Å². The van der Waals surface area contributed by atoms with Crippen molar-refractivity contribution < 1.29 is 14.3 Å². The molecule has 0 radical (unpaired) electrons. The number of hydrogen-bond donors (Lipinski definition) is 0. The fraction of sp³-hybridized carbons (Fsp3) is 0.667. The number of esters is 1. The van der Waals surface area contributed by atoms with Crippen molar-refractivity contribution >= 4 is 11.8 Å². The fourth-order valence-electron chi connectivity index (χ4n) is 1.82. The molecule has 1 saturated heterocycles. The number of cyclic esters (lactones) is 1. The number of Topliss-reactive ketones (excluding diaryl/α,β-unsaturated/α-hetero) is 1. The topological polar surface area (TPSA) is 43.4 Å². The van der Waals surface area contributed by atoms with Crippen LogP contribution in [-0.2, 0) is 14.3 Å². The van der Waals surface area contributed by atoms with Crippen LogP contribution in [0.15, 0.2) is 11.6 Å². The number of carbonyl (C=O) groups is 2. The summed E-state index contributed by atoms with van der Waals surface area (Å²) in [5, 5.41) is 0. The predicted molar refractivity (Wildman–Crippen MR) is 57.3 cm³/mol. The average Bonchev–Trinajstić information content (AvgIpc) is 2.20. The van der Waals surface area contributed by atoms with Crippen molar-refractivity contribution in [2.24, 2.45) is 11.3 Å². The van der Waals surface area contributed by atoms with E-state index < -0.39 is 11.4 Å². The number of ketones is 1. The molecule has 1 aliphatic heterocycles. The van der Waals surface area contributed by atoms with E-state index in [1.54, 1.807) is 13.8 Å². The van der Waals surface area contributed by atoms with Crippen LogP contribution in [0.5, 0.6) is 0 Å². The zero-order chi connectivity index (χ0) is 11.8. The van der Waals surface area contributed by atoms with Crippen molar-refractivity contribution in [3.05, 3.63) is 11.6 Å². The normalized spacial score (nSPS) is 31.4. The summed E-state index contributed by atoms with van der Waals surface area (Å²) in [6.07, 6.45) is 1.49. The zero-order valence-electron chi connectivity index (χ0n) is 9.96. The summed E-state index contributed by atoms with van der Waals surface area (Å²) >= 11 is 0. The van der Waals surface area contributed by atoms with Crippen LogP contribution < -0.4 is 0 Å². The van der Waals surface area contributed by atoms with Crippen molar-refractivity contribution in [3.63, 3.8) is 0 Å². The van der Waals surface area contributed by atoms with Crippen molar-refractivity contribution in [2.45, 2.75) is 40.7 Å². The quantitative estimate of drug-likeness (QED) is 0.378. The van der Waals surface area contributed by atoms with Gasteiger partial charge in [-0.15, -0.1) is 0 Å². The lowest BCUT2D eigenvalue weighted by Crippen LogP contribution is -2.50. The maximum absolute atomic E-state index is 12.0. The summed E-state index contributed by atoms with van der Waals surface area (Å²) in [5.41, 5.74) is -0.0658. The van der Waals surface area contributed by atoms with Crippen molar-refractivity contribution in [1.82, 2.24) is 0 Å². The summed E-state index contributed by atoms with van der Waals surface area (Å²) in [4.78, 5) is 23.6. The minimum absolute atomic E-state index is 0.0371. The van der Waals surface area contributed by atoms with E-state index in [4.69, 9.17) is 4.74 Å². The molecule has 1 aliphatic rings. The van der Waals surface area contributed by atoms with Gasteiger partial charge in [-0.05, 0) is 33.3 Å². The fourth-order valence-corrected chi connectivity index (χ4v) is 1.82. The van der Waals surface area contributed by atoms with E-state index in [0.29, 0.717) is 0 Å². The molecule has 0 bridgehead atoms. The molecule has 84 valence electrons. The molecule has 0 aliphatic carbocycles. The summed E-state index contributed by atoms with van der Waals surface area (Å²) in [5.74, 6) is -0.712. The molecular formula is C12H18O3. The lowest BCUT2D eigenvalue weighted by Gasteiger charge is -2.36. The molecule has 0 aromatic carbocycles. The number of rotatable bonds is 1. The summed E-state index contributed by atoms with van der Waals surface area (Å²) in [6, 6.07) is 0. The third-order valence-corrected chi connectivity index (χ3v) is 3.13. The van der Waals surface area contributed by atoms with Crippen LogP contribution in [0.3, 0.4) is 0 Å². The number of carbonyl (C=O) groups excluding carboxylic acids is 2.